The van der Waals surface area contributed by atoms with Crippen LogP contribution in [0.15, 0.2) is 0 Å². The quantitative estimate of drug-likeness (QED) is 0.463. The Morgan fingerprint density at radius 1 is 1.33 bits per heavy atom. The van der Waals surface area contributed by atoms with E-state index in [1.165, 1.54) is 25.7 Å². The number of carbonyl (C=O) groups is 1. The predicted octanol–water partition coefficient (Wildman–Crippen LogP) is 2.11. The zero-order valence-corrected chi connectivity index (χ0v) is 11.1. The highest BCUT2D eigenvalue weighted by molar-refractivity contribution is 9.09. The van der Waals surface area contributed by atoms with Gasteiger partial charge in [0.1, 0.15) is 0 Å². The van der Waals surface area contributed by atoms with Gasteiger partial charge in [-0.1, -0.05) is 28.8 Å². The Labute approximate surface area is 103 Å². The number of nitrogens with one attached hydrogen (secondary N) is 2. The third-order valence-electron chi connectivity index (χ3n) is 3.06. The Hall–Kier alpha value is 0.1000. The number of alkyl halides is 1. The van der Waals surface area contributed by atoms with Crippen LogP contribution < -0.4 is 10.6 Å². The molecule has 15 heavy (non-hydrogen) atoms. The number of fused-ring (bicyclic) bond motifs is 1. The molecule has 3 unspecified atom stereocenters. The highest BCUT2D eigenvalue weighted by atomic mass is 79.9. The second kappa shape index (κ2) is 5.43. The molecular weight excluding hydrogens is 276 g/mol. The van der Waals surface area contributed by atoms with Crippen LogP contribution in [0.2, 0.25) is 0 Å². The molecule has 2 N–H and O–H groups in total. The van der Waals surface area contributed by atoms with Crippen molar-refractivity contribution in [3.63, 3.8) is 0 Å². The van der Waals surface area contributed by atoms with Crippen molar-refractivity contribution in [2.75, 3.05) is 11.1 Å². The number of carbonyl (C=O) groups excluding carboxylic acids is 1. The molecule has 0 aromatic heterocycles. The Bertz CT molecular complexity index is 239. The highest BCUT2D eigenvalue weighted by Gasteiger charge is 2.42. The summed E-state index contributed by atoms with van der Waals surface area (Å²) < 4.78 is 0. The lowest BCUT2D eigenvalue weighted by Crippen LogP contribution is -2.36. The number of halogens is 1. The second-order valence-corrected chi connectivity index (χ2v) is 6.23. The molecule has 2 fully saturated rings. The minimum absolute atomic E-state index is 0.0239. The first-order valence-corrected chi connectivity index (χ1v) is 7.73. The number of amides is 2. The number of hydrogen-bond acceptors (Lipinski definition) is 2. The van der Waals surface area contributed by atoms with E-state index in [1.54, 1.807) is 0 Å². The van der Waals surface area contributed by atoms with Gasteiger partial charge in [0.2, 0.25) is 0 Å². The maximum atomic E-state index is 11.1. The Balaban J connectivity index is 1.72. The average Bonchev–Trinajstić information content (AvgIpc) is 2.73. The van der Waals surface area contributed by atoms with Gasteiger partial charge < -0.3 is 10.6 Å². The molecule has 0 saturated carbocycles. The molecule has 0 aromatic rings. The van der Waals surface area contributed by atoms with Gasteiger partial charge in [-0.2, -0.15) is 11.8 Å². The van der Waals surface area contributed by atoms with Gasteiger partial charge in [-0.05, 0) is 12.8 Å². The average molecular weight is 293 g/mol. The van der Waals surface area contributed by atoms with E-state index >= 15 is 0 Å². The molecule has 2 saturated heterocycles. The van der Waals surface area contributed by atoms with E-state index in [9.17, 15) is 4.79 Å². The van der Waals surface area contributed by atoms with Crippen LogP contribution in [-0.4, -0.2) is 34.4 Å². The van der Waals surface area contributed by atoms with E-state index in [0.29, 0.717) is 17.3 Å². The van der Waals surface area contributed by atoms with Gasteiger partial charge in [0.15, 0.2) is 0 Å². The summed E-state index contributed by atoms with van der Waals surface area (Å²) in [5, 5.41) is 7.73. The molecule has 2 aliphatic heterocycles. The number of thioether (sulfide) groups is 1. The molecule has 2 aliphatic rings. The smallest absolute Gasteiger partial charge is 0.315 e. The number of unbranched alkanes of at least 4 members (excludes halogenated alkanes) is 2. The first kappa shape index (κ1) is 11.6. The minimum Gasteiger partial charge on any atom is -0.332 e. The molecule has 0 bridgehead atoms. The topological polar surface area (TPSA) is 41.1 Å². The van der Waals surface area contributed by atoms with Crippen LogP contribution in [-0.2, 0) is 0 Å². The van der Waals surface area contributed by atoms with Crippen molar-refractivity contribution in [2.24, 2.45) is 0 Å². The van der Waals surface area contributed by atoms with E-state index in [1.807, 2.05) is 11.8 Å². The van der Waals surface area contributed by atoms with Gasteiger partial charge in [-0.25, -0.2) is 4.79 Å². The molecule has 2 heterocycles. The summed E-state index contributed by atoms with van der Waals surface area (Å²) in [5.41, 5.74) is 0. The molecule has 2 amide bonds. The standard InChI is InChI=1S/C10H17BrN2OS/c11-5-3-1-2-4-8-9-7(6-15-8)12-10(14)13-9/h7-9H,1-6H2,(H2,12,13,14). The lowest BCUT2D eigenvalue weighted by Gasteiger charge is -2.16. The normalized spacial score (nSPS) is 33.7. The van der Waals surface area contributed by atoms with Gasteiger partial charge in [0.25, 0.3) is 0 Å². The molecule has 86 valence electrons. The Morgan fingerprint density at radius 2 is 2.20 bits per heavy atom. The summed E-state index contributed by atoms with van der Waals surface area (Å²) >= 11 is 5.45. The van der Waals surface area contributed by atoms with E-state index in [2.05, 4.69) is 26.6 Å². The van der Waals surface area contributed by atoms with Gasteiger partial charge in [0, 0.05) is 16.3 Å². The third-order valence-corrected chi connectivity index (χ3v) is 5.13. The van der Waals surface area contributed by atoms with Crippen LogP contribution in [0.1, 0.15) is 25.7 Å². The molecule has 0 spiro atoms. The van der Waals surface area contributed by atoms with Crippen LogP contribution in [0.25, 0.3) is 0 Å². The largest absolute Gasteiger partial charge is 0.332 e. The van der Waals surface area contributed by atoms with Crippen LogP contribution in [0.5, 0.6) is 0 Å². The van der Waals surface area contributed by atoms with Crippen molar-refractivity contribution in [1.29, 1.82) is 0 Å². The molecule has 2 rings (SSSR count). The van der Waals surface area contributed by atoms with Gasteiger partial charge in [-0.15, -0.1) is 0 Å². The molecule has 0 radical (unpaired) electrons. The lowest BCUT2D eigenvalue weighted by molar-refractivity contribution is 0.247. The maximum Gasteiger partial charge on any atom is 0.315 e. The van der Waals surface area contributed by atoms with E-state index in [4.69, 9.17) is 0 Å². The zero-order valence-electron chi connectivity index (χ0n) is 8.67. The van der Waals surface area contributed by atoms with Crippen molar-refractivity contribution in [1.82, 2.24) is 10.6 Å². The summed E-state index contributed by atoms with van der Waals surface area (Å²) in [7, 11) is 0. The van der Waals surface area contributed by atoms with Gasteiger partial charge in [-0.3, -0.25) is 0 Å². The Kier molecular flexibility index (Phi) is 4.20. The second-order valence-electron chi connectivity index (χ2n) is 4.16. The third kappa shape index (κ3) is 2.81. The summed E-state index contributed by atoms with van der Waals surface area (Å²) in [5.74, 6) is 1.08. The Morgan fingerprint density at radius 3 is 3.00 bits per heavy atom. The zero-order chi connectivity index (χ0) is 10.7. The van der Waals surface area contributed by atoms with Crippen LogP contribution in [0.4, 0.5) is 4.79 Å². The minimum atomic E-state index is 0.0239. The fraction of sp³-hybridized carbons (Fsp3) is 0.900. The van der Waals surface area contributed by atoms with Gasteiger partial charge in [0.05, 0.1) is 12.1 Å². The van der Waals surface area contributed by atoms with Crippen LogP contribution >= 0.6 is 27.7 Å². The molecular formula is C10H17BrN2OS. The van der Waals surface area contributed by atoms with Gasteiger partial charge >= 0.3 is 6.03 Å². The molecule has 0 aromatic carbocycles. The van der Waals surface area contributed by atoms with Crippen molar-refractivity contribution < 1.29 is 4.79 Å². The molecule has 3 atom stereocenters. The summed E-state index contributed by atoms with van der Waals surface area (Å²) in [6.45, 7) is 0. The van der Waals surface area contributed by atoms with E-state index < -0.39 is 0 Å². The first-order chi connectivity index (χ1) is 7.31. The molecule has 0 aliphatic carbocycles. The van der Waals surface area contributed by atoms with Crippen molar-refractivity contribution in [3.8, 4) is 0 Å². The number of rotatable bonds is 5. The summed E-state index contributed by atoms with van der Waals surface area (Å²) in [6, 6.07) is 0.783. The number of urea groups is 1. The van der Waals surface area contributed by atoms with E-state index in [-0.39, 0.29) is 6.03 Å². The maximum absolute atomic E-state index is 11.1. The van der Waals surface area contributed by atoms with Crippen molar-refractivity contribution in [3.05, 3.63) is 0 Å². The molecule has 3 nitrogen and oxygen atoms in total. The van der Waals surface area contributed by atoms with Crippen molar-refractivity contribution >= 4 is 33.7 Å². The predicted molar refractivity (Wildman–Crippen MR) is 67.8 cm³/mol. The SMILES string of the molecule is O=C1NC2CSC(CCCCCBr)C2N1. The monoisotopic (exact) mass is 292 g/mol. The fourth-order valence-corrected chi connectivity index (χ4v) is 4.20. The summed E-state index contributed by atoms with van der Waals surface area (Å²) in [6.07, 6.45) is 5.07. The van der Waals surface area contributed by atoms with Crippen molar-refractivity contribution in [2.45, 2.75) is 43.0 Å². The van der Waals surface area contributed by atoms with Crippen LogP contribution in [0, 0.1) is 0 Å². The molecule has 5 heteroatoms. The first-order valence-electron chi connectivity index (χ1n) is 5.56. The summed E-state index contributed by atoms with van der Waals surface area (Å²) in [4.78, 5) is 11.1. The fourth-order valence-electron chi connectivity index (χ4n) is 2.26. The van der Waals surface area contributed by atoms with Crippen LogP contribution in [0.3, 0.4) is 0 Å². The van der Waals surface area contributed by atoms with E-state index in [0.717, 1.165) is 11.1 Å². The number of hydrogen-bond donors (Lipinski definition) is 2. The highest BCUT2D eigenvalue weighted by Crippen LogP contribution is 2.33. The lowest BCUT2D eigenvalue weighted by atomic mass is 10.0.